The first-order chi connectivity index (χ1) is 9.16. The van der Waals surface area contributed by atoms with Crippen LogP contribution in [-0.2, 0) is 6.42 Å². The molecule has 0 fully saturated rings. The minimum atomic E-state index is 0.546. The summed E-state index contributed by atoms with van der Waals surface area (Å²) in [4.78, 5) is 0. The maximum atomic E-state index is 6.10. The fraction of sp³-hybridized carbons (Fsp3) is 0.200. The summed E-state index contributed by atoms with van der Waals surface area (Å²) in [5.74, 6) is 0. The van der Waals surface area contributed by atoms with E-state index in [2.05, 4.69) is 29.6 Å². The van der Waals surface area contributed by atoms with E-state index in [-0.39, 0.29) is 0 Å². The van der Waals surface area contributed by atoms with Crippen molar-refractivity contribution < 1.29 is 0 Å². The monoisotopic (exact) mass is 313 g/mol. The van der Waals surface area contributed by atoms with Gasteiger partial charge in [0.15, 0.2) is 0 Å². The number of halogens is 3. The predicted octanol–water partition coefficient (Wildman–Crippen LogP) is 5.69. The van der Waals surface area contributed by atoms with Crippen LogP contribution in [0.25, 0.3) is 0 Å². The maximum absolute atomic E-state index is 6.10. The Kier molecular flexibility index (Phi) is 5.38. The molecule has 0 saturated heterocycles. The summed E-state index contributed by atoms with van der Waals surface area (Å²) >= 11 is 18.1. The molecule has 4 heteroatoms. The van der Waals surface area contributed by atoms with Crippen LogP contribution in [0.2, 0.25) is 15.1 Å². The van der Waals surface area contributed by atoms with Crippen LogP contribution in [0.4, 0.5) is 5.69 Å². The molecule has 0 saturated carbocycles. The molecular formula is C15H14Cl3N. The molecule has 0 aliphatic heterocycles. The van der Waals surface area contributed by atoms with Crippen LogP contribution in [0.3, 0.4) is 0 Å². The zero-order valence-electron chi connectivity index (χ0n) is 10.3. The van der Waals surface area contributed by atoms with Gasteiger partial charge in [-0.3, -0.25) is 0 Å². The van der Waals surface area contributed by atoms with Gasteiger partial charge in [-0.1, -0.05) is 65.1 Å². The average Bonchev–Trinajstić information content (AvgIpc) is 2.38. The second-order valence-electron chi connectivity index (χ2n) is 4.26. The molecule has 2 aromatic carbocycles. The lowest BCUT2D eigenvalue weighted by molar-refractivity contribution is 0.863. The van der Waals surface area contributed by atoms with Crippen molar-refractivity contribution in [1.82, 2.24) is 0 Å². The molecule has 0 aliphatic rings. The van der Waals surface area contributed by atoms with Crippen LogP contribution in [0, 0.1) is 0 Å². The summed E-state index contributed by atoms with van der Waals surface area (Å²) in [6.07, 6.45) is 2.04. The van der Waals surface area contributed by atoms with Gasteiger partial charge in [0.25, 0.3) is 0 Å². The molecule has 2 aromatic rings. The van der Waals surface area contributed by atoms with Crippen molar-refractivity contribution in [2.24, 2.45) is 0 Å². The van der Waals surface area contributed by atoms with Crippen molar-refractivity contribution in [1.29, 1.82) is 0 Å². The van der Waals surface area contributed by atoms with Gasteiger partial charge in [-0.25, -0.2) is 0 Å². The minimum Gasteiger partial charge on any atom is -0.383 e. The molecule has 0 bridgehead atoms. The van der Waals surface area contributed by atoms with E-state index in [0.29, 0.717) is 15.1 Å². The van der Waals surface area contributed by atoms with Crippen molar-refractivity contribution in [3.05, 3.63) is 63.1 Å². The Labute approximate surface area is 128 Å². The normalized spacial score (nSPS) is 10.5. The number of benzene rings is 2. The lowest BCUT2D eigenvalue weighted by atomic mass is 10.1. The van der Waals surface area contributed by atoms with Gasteiger partial charge in [-0.2, -0.15) is 0 Å². The standard InChI is InChI=1S/C15H14Cl3N/c16-12-9-13(17)15(14(18)10-12)19-8-4-7-11-5-2-1-3-6-11/h1-3,5-6,9-10,19H,4,7-8H2. The van der Waals surface area contributed by atoms with Crippen LogP contribution in [-0.4, -0.2) is 6.54 Å². The van der Waals surface area contributed by atoms with E-state index in [1.165, 1.54) is 5.56 Å². The summed E-state index contributed by atoms with van der Waals surface area (Å²) in [5.41, 5.74) is 2.08. The Morgan fingerprint density at radius 3 is 2.16 bits per heavy atom. The van der Waals surface area contributed by atoms with Crippen LogP contribution in [0.1, 0.15) is 12.0 Å². The fourth-order valence-corrected chi connectivity index (χ4v) is 2.81. The molecule has 19 heavy (non-hydrogen) atoms. The first kappa shape index (κ1) is 14.5. The molecule has 0 radical (unpaired) electrons. The van der Waals surface area contributed by atoms with Gasteiger partial charge in [-0.15, -0.1) is 0 Å². The topological polar surface area (TPSA) is 12.0 Å². The minimum absolute atomic E-state index is 0.546. The summed E-state index contributed by atoms with van der Waals surface area (Å²) in [7, 11) is 0. The molecule has 100 valence electrons. The van der Waals surface area contributed by atoms with E-state index >= 15 is 0 Å². The Morgan fingerprint density at radius 2 is 1.53 bits per heavy atom. The number of hydrogen-bond acceptors (Lipinski definition) is 1. The summed E-state index contributed by atoms with van der Waals surface area (Å²) < 4.78 is 0. The summed E-state index contributed by atoms with van der Waals surface area (Å²) in [5, 5.41) is 4.91. The van der Waals surface area contributed by atoms with Crippen molar-refractivity contribution >= 4 is 40.5 Å². The molecule has 0 spiro atoms. The van der Waals surface area contributed by atoms with Gasteiger partial charge in [0.2, 0.25) is 0 Å². The number of nitrogens with one attached hydrogen (secondary N) is 1. The molecule has 0 aliphatic carbocycles. The molecule has 0 aromatic heterocycles. The van der Waals surface area contributed by atoms with Crippen LogP contribution >= 0.6 is 34.8 Å². The zero-order chi connectivity index (χ0) is 13.7. The van der Waals surface area contributed by atoms with Crippen LogP contribution < -0.4 is 5.32 Å². The first-order valence-electron chi connectivity index (χ1n) is 6.09. The molecule has 1 N–H and O–H groups in total. The predicted molar refractivity (Wildman–Crippen MR) is 84.7 cm³/mol. The Balaban J connectivity index is 1.86. The molecule has 2 rings (SSSR count). The Hall–Kier alpha value is -0.890. The van der Waals surface area contributed by atoms with Gasteiger partial charge in [0.1, 0.15) is 0 Å². The third-order valence-corrected chi connectivity index (χ3v) is 3.61. The number of rotatable bonds is 5. The largest absolute Gasteiger partial charge is 0.383 e. The smallest absolute Gasteiger partial charge is 0.0720 e. The average molecular weight is 315 g/mol. The van der Waals surface area contributed by atoms with Gasteiger partial charge < -0.3 is 5.32 Å². The molecular weight excluding hydrogens is 301 g/mol. The van der Waals surface area contributed by atoms with E-state index < -0.39 is 0 Å². The summed E-state index contributed by atoms with van der Waals surface area (Å²) in [6, 6.07) is 13.8. The van der Waals surface area contributed by atoms with Crippen molar-refractivity contribution in [2.75, 3.05) is 11.9 Å². The third kappa shape index (κ3) is 4.31. The van der Waals surface area contributed by atoms with Crippen molar-refractivity contribution in [3.8, 4) is 0 Å². The molecule has 0 unspecified atom stereocenters. The fourth-order valence-electron chi connectivity index (χ4n) is 1.86. The van der Waals surface area contributed by atoms with Gasteiger partial charge in [0, 0.05) is 11.6 Å². The van der Waals surface area contributed by atoms with Crippen LogP contribution in [0.15, 0.2) is 42.5 Å². The van der Waals surface area contributed by atoms with E-state index in [4.69, 9.17) is 34.8 Å². The van der Waals surface area contributed by atoms with E-state index in [1.807, 2.05) is 6.07 Å². The second kappa shape index (κ2) is 7.04. The highest BCUT2D eigenvalue weighted by molar-refractivity contribution is 6.41. The van der Waals surface area contributed by atoms with Gasteiger partial charge >= 0.3 is 0 Å². The van der Waals surface area contributed by atoms with Gasteiger partial charge in [-0.05, 0) is 30.5 Å². The Morgan fingerprint density at radius 1 is 0.895 bits per heavy atom. The first-order valence-corrected chi connectivity index (χ1v) is 7.22. The van der Waals surface area contributed by atoms with E-state index in [0.717, 1.165) is 25.1 Å². The van der Waals surface area contributed by atoms with Crippen molar-refractivity contribution in [2.45, 2.75) is 12.8 Å². The van der Waals surface area contributed by atoms with Gasteiger partial charge in [0.05, 0.1) is 15.7 Å². The molecule has 0 heterocycles. The lowest BCUT2D eigenvalue weighted by Crippen LogP contribution is -2.04. The van der Waals surface area contributed by atoms with E-state index in [9.17, 15) is 0 Å². The highest BCUT2D eigenvalue weighted by Crippen LogP contribution is 2.33. The number of aryl methyl sites for hydroxylation is 1. The maximum Gasteiger partial charge on any atom is 0.0720 e. The molecule has 0 amide bonds. The number of hydrogen-bond donors (Lipinski definition) is 1. The van der Waals surface area contributed by atoms with E-state index in [1.54, 1.807) is 12.1 Å². The molecule has 0 atom stereocenters. The third-order valence-electron chi connectivity index (χ3n) is 2.79. The highest BCUT2D eigenvalue weighted by Gasteiger charge is 2.06. The SMILES string of the molecule is Clc1cc(Cl)c(NCCCc2ccccc2)c(Cl)c1. The zero-order valence-corrected chi connectivity index (χ0v) is 12.6. The second-order valence-corrected chi connectivity index (χ2v) is 5.51. The molecule has 1 nitrogen and oxygen atoms in total. The van der Waals surface area contributed by atoms with Crippen molar-refractivity contribution in [3.63, 3.8) is 0 Å². The Bertz CT molecular complexity index is 517. The quantitative estimate of drug-likeness (QED) is 0.699. The number of anilines is 1. The van der Waals surface area contributed by atoms with Crippen LogP contribution in [0.5, 0.6) is 0 Å². The highest BCUT2D eigenvalue weighted by atomic mass is 35.5. The lowest BCUT2D eigenvalue weighted by Gasteiger charge is -2.10. The summed E-state index contributed by atoms with van der Waals surface area (Å²) in [6.45, 7) is 0.815.